The third kappa shape index (κ3) is 4.14. The van der Waals surface area contributed by atoms with Gasteiger partial charge in [-0.2, -0.15) is 0 Å². The number of nitrogens with zero attached hydrogens (tertiary/aromatic N) is 3. The Balaban J connectivity index is 1.39. The minimum atomic E-state index is -0.541. The summed E-state index contributed by atoms with van der Waals surface area (Å²) in [6, 6.07) is 6.31. The van der Waals surface area contributed by atoms with Crippen LogP contribution in [0.15, 0.2) is 41.1 Å². The molecule has 2 aromatic heterocycles. The van der Waals surface area contributed by atoms with Crippen LogP contribution in [0.3, 0.4) is 0 Å². The van der Waals surface area contributed by atoms with Gasteiger partial charge in [0.05, 0.1) is 24.1 Å². The summed E-state index contributed by atoms with van der Waals surface area (Å²) in [7, 11) is 0. The number of hydrogen-bond acceptors (Lipinski definition) is 6. The molecule has 2 aliphatic heterocycles. The minimum absolute atomic E-state index is 0.167. The summed E-state index contributed by atoms with van der Waals surface area (Å²) in [4.78, 5) is 44.8. The largest absolute Gasteiger partial charge is 0.459 e. The van der Waals surface area contributed by atoms with Gasteiger partial charge in [0, 0.05) is 19.6 Å². The average molecular weight is 411 g/mol. The van der Waals surface area contributed by atoms with Gasteiger partial charge in [0.2, 0.25) is 11.8 Å². The molecule has 158 valence electrons. The van der Waals surface area contributed by atoms with Crippen molar-refractivity contribution in [1.82, 2.24) is 9.88 Å². The number of anilines is 2. The van der Waals surface area contributed by atoms with Gasteiger partial charge < -0.3 is 25.3 Å². The molecule has 2 aromatic rings. The van der Waals surface area contributed by atoms with Gasteiger partial charge in [0.15, 0.2) is 5.76 Å². The summed E-state index contributed by atoms with van der Waals surface area (Å²) in [5, 5.41) is 2.85. The Kier molecular flexibility index (Phi) is 5.69. The van der Waals surface area contributed by atoms with Crippen molar-refractivity contribution in [1.29, 1.82) is 0 Å². The van der Waals surface area contributed by atoms with Crippen LogP contribution in [0.2, 0.25) is 0 Å². The monoisotopic (exact) mass is 411 g/mol. The summed E-state index contributed by atoms with van der Waals surface area (Å²) in [5.41, 5.74) is 6.00. The van der Waals surface area contributed by atoms with E-state index >= 15 is 0 Å². The van der Waals surface area contributed by atoms with E-state index in [1.807, 2.05) is 11.0 Å². The maximum atomic E-state index is 12.8. The van der Waals surface area contributed by atoms with Crippen LogP contribution in [0.1, 0.15) is 36.2 Å². The van der Waals surface area contributed by atoms with Gasteiger partial charge in [0.25, 0.3) is 5.91 Å². The fraction of sp³-hybridized carbons (Fsp3) is 0.429. The van der Waals surface area contributed by atoms with Crippen LogP contribution in [-0.4, -0.2) is 53.3 Å². The van der Waals surface area contributed by atoms with Gasteiger partial charge in [-0.3, -0.25) is 14.4 Å². The Morgan fingerprint density at radius 1 is 1.13 bits per heavy atom. The maximum Gasteiger partial charge on any atom is 0.290 e. The zero-order valence-electron chi connectivity index (χ0n) is 16.6. The molecule has 30 heavy (non-hydrogen) atoms. The van der Waals surface area contributed by atoms with Gasteiger partial charge in [-0.05, 0) is 49.9 Å². The highest BCUT2D eigenvalue weighted by molar-refractivity contribution is 6.00. The molecule has 2 aliphatic rings. The SMILES string of the molecule is NC(=O)C1CCCN(c2ccc(NC(=O)[C@@H]3CCCN3C(=O)c3ccco3)cn2)C1. The van der Waals surface area contributed by atoms with E-state index in [9.17, 15) is 14.4 Å². The topological polar surface area (TPSA) is 122 Å². The fourth-order valence-electron chi connectivity index (χ4n) is 4.11. The number of amides is 3. The number of rotatable bonds is 5. The molecule has 9 nitrogen and oxygen atoms in total. The van der Waals surface area contributed by atoms with Crippen molar-refractivity contribution >= 4 is 29.2 Å². The van der Waals surface area contributed by atoms with Crippen molar-refractivity contribution in [2.45, 2.75) is 31.7 Å². The van der Waals surface area contributed by atoms with Crippen molar-refractivity contribution in [3.8, 4) is 0 Å². The van der Waals surface area contributed by atoms with E-state index < -0.39 is 6.04 Å². The smallest absolute Gasteiger partial charge is 0.290 e. The molecule has 1 unspecified atom stereocenters. The molecule has 3 N–H and O–H groups in total. The highest BCUT2D eigenvalue weighted by atomic mass is 16.3. The third-order valence-electron chi connectivity index (χ3n) is 5.71. The van der Waals surface area contributed by atoms with Gasteiger partial charge in [-0.25, -0.2) is 4.98 Å². The number of furan rings is 1. The van der Waals surface area contributed by atoms with E-state index in [1.54, 1.807) is 29.3 Å². The van der Waals surface area contributed by atoms with Crippen molar-refractivity contribution in [2.24, 2.45) is 11.7 Å². The summed E-state index contributed by atoms with van der Waals surface area (Å²) in [6.45, 7) is 1.89. The van der Waals surface area contributed by atoms with E-state index in [1.165, 1.54) is 6.26 Å². The molecular formula is C21H25N5O4. The molecule has 2 saturated heterocycles. The molecule has 2 fully saturated rings. The van der Waals surface area contributed by atoms with Crippen LogP contribution >= 0.6 is 0 Å². The highest BCUT2D eigenvalue weighted by Crippen LogP contribution is 2.24. The molecule has 9 heteroatoms. The molecule has 0 saturated carbocycles. The number of nitrogens with two attached hydrogens (primary N) is 1. The van der Waals surface area contributed by atoms with Gasteiger partial charge in [-0.1, -0.05) is 0 Å². The second-order valence-corrected chi connectivity index (χ2v) is 7.72. The maximum absolute atomic E-state index is 12.8. The van der Waals surface area contributed by atoms with E-state index in [4.69, 9.17) is 10.2 Å². The number of carbonyl (C=O) groups excluding carboxylic acids is 3. The number of piperidine rings is 1. The standard InChI is InChI=1S/C21H25N5O4/c22-19(27)14-4-1-9-25(13-14)18-8-7-15(12-23-18)24-20(28)16-5-2-10-26(16)21(29)17-6-3-11-30-17/h3,6-8,11-12,14,16H,1-2,4-5,9-10,13H2,(H2,22,27)(H,24,28)/t14?,16-/m0/s1. The van der Waals surface area contributed by atoms with E-state index in [2.05, 4.69) is 10.3 Å². The minimum Gasteiger partial charge on any atom is -0.459 e. The highest BCUT2D eigenvalue weighted by Gasteiger charge is 2.35. The first kappa shape index (κ1) is 19.9. The van der Waals surface area contributed by atoms with Crippen LogP contribution in [-0.2, 0) is 9.59 Å². The molecule has 0 radical (unpaired) electrons. The van der Waals surface area contributed by atoms with Crippen molar-refractivity contribution in [2.75, 3.05) is 29.9 Å². The zero-order chi connectivity index (χ0) is 21.1. The van der Waals surface area contributed by atoms with Crippen LogP contribution in [0, 0.1) is 5.92 Å². The first-order chi connectivity index (χ1) is 14.5. The van der Waals surface area contributed by atoms with Gasteiger partial charge >= 0.3 is 0 Å². The van der Waals surface area contributed by atoms with Crippen LogP contribution in [0.25, 0.3) is 0 Å². The molecule has 4 heterocycles. The molecule has 0 bridgehead atoms. The van der Waals surface area contributed by atoms with Crippen LogP contribution in [0.4, 0.5) is 11.5 Å². The van der Waals surface area contributed by atoms with Gasteiger partial charge in [-0.15, -0.1) is 0 Å². The number of hydrogen-bond donors (Lipinski definition) is 2. The quantitative estimate of drug-likeness (QED) is 0.771. The Labute approximate surface area is 174 Å². The lowest BCUT2D eigenvalue weighted by Crippen LogP contribution is -2.43. The Morgan fingerprint density at radius 3 is 2.67 bits per heavy atom. The number of likely N-dealkylation sites (tertiary alicyclic amines) is 1. The molecule has 3 amide bonds. The number of primary amides is 1. The van der Waals surface area contributed by atoms with Crippen molar-refractivity contribution in [3.63, 3.8) is 0 Å². The lowest BCUT2D eigenvalue weighted by Gasteiger charge is -2.32. The van der Waals surface area contributed by atoms with Crippen LogP contribution < -0.4 is 16.0 Å². The summed E-state index contributed by atoms with van der Waals surface area (Å²) in [6.07, 6.45) is 6.09. The second-order valence-electron chi connectivity index (χ2n) is 7.72. The summed E-state index contributed by atoms with van der Waals surface area (Å²) in [5.74, 6) is 0.00803. The normalized spacial score (nSPS) is 21.5. The number of carbonyl (C=O) groups is 3. The van der Waals surface area contributed by atoms with Crippen LogP contribution in [0.5, 0.6) is 0 Å². The molecule has 0 aromatic carbocycles. The molecule has 0 aliphatic carbocycles. The van der Waals surface area contributed by atoms with Gasteiger partial charge in [0.1, 0.15) is 11.9 Å². The Hall–Kier alpha value is -3.36. The van der Waals surface area contributed by atoms with Crippen molar-refractivity contribution in [3.05, 3.63) is 42.5 Å². The third-order valence-corrected chi connectivity index (χ3v) is 5.71. The fourth-order valence-corrected chi connectivity index (χ4v) is 4.11. The molecule has 0 spiro atoms. The number of nitrogens with one attached hydrogen (secondary N) is 1. The second kappa shape index (κ2) is 8.56. The first-order valence-corrected chi connectivity index (χ1v) is 10.2. The summed E-state index contributed by atoms with van der Waals surface area (Å²) >= 11 is 0. The average Bonchev–Trinajstić information content (AvgIpc) is 3.46. The Bertz CT molecular complexity index is 912. The molecular weight excluding hydrogens is 386 g/mol. The molecule has 2 atom stereocenters. The lowest BCUT2D eigenvalue weighted by atomic mass is 9.97. The first-order valence-electron chi connectivity index (χ1n) is 10.2. The summed E-state index contributed by atoms with van der Waals surface area (Å²) < 4.78 is 5.18. The zero-order valence-corrected chi connectivity index (χ0v) is 16.6. The molecule has 4 rings (SSSR count). The number of aromatic nitrogens is 1. The Morgan fingerprint density at radius 2 is 1.97 bits per heavy atom. The van der Waals surface area contributed by atoms with E-state index in [-0.39, 0.29) is 29.4 Å². The van der Waals surface area contributed by atoms with E-state index in [0.29, 0.717) is 25.2 Å². The lowest BCUT2D eigenvalue weighted by molar-refractivity contribution is -0.122. The number of pyridine rings is 1. The predicted molar refractivity (Wildman–Crippen MR) is 110 cm³/mol. The van der Waals surface area contributed by atoms with Crippen molar-refractivity contribution < 1.29 is 18.8 Å². The predicted octanol–water partition coefficient (Wildman–Crippen LogP) is 1.62. The van der Waals surface area contributed by atoms with E-state index in [0.717, 1.165) is 31.6 Å².